The zero-order chi connectivity index (χ0) is 15.2. The first-order chi connectivity index (χ1) is 9.43. The molecular weight excluding hydrogens is 254 g/mol. The molecule has 1 amide bonds. The Morgan fingerprint density at radius 3 is 2.85 bits per heavy atom. The quantitative estimate of drug-likeness (QED) is 0.554. The Morgan fingerprint density at radius 1 is 1.60 bits per heavy atom. The number of hydrogen-bond acceptors (Lipinski definition) is 4. The van der Waals surface area contributed by atoms with Crippen molar-refractivity contribution < 1.29 is 9.53 Å². The maximum Gasteiger partial charge on any atom is 0.410 e. The number of allylic oxidation sites excluding steroid dienone is 1. The Bertz CT molecular complexity index is 366. The summed E-state index contributed by atoms with van der Waals surface area (Å²) in [5.74, 6) is 0. The fourth-order valence-corrected chi connectivity index (χ4v) is 2.19. The number of carbonyl (C=O) groups excluding carboxylic acids is 1. The molecule has 1 heterocycles. The van der Waals surface area contributed by atoms with Crippen LogP contribution in [0.15, 0.2) is 17.4 Å². The summed E-state index contributed by atoms with van der Waals surface area (Å²) in [5, 5.41) is 5.71. The highest BCUT2D eigenvalue weighted by atomic mass is 16.6. The number of ether oxygens (including phenoxy) is 1. The third kappa shape index (κ3) is 4.54. The van der Waals surface area contributed by atoms with E-state index in [1.807, 2.05) is 44.9 Å². The zero-order valence-electron chi connectivity index (χ0n) is 13.1. The Kier molecular flexibility index (Phi) is 6.05. The van der Waals surface area contributed by atoms with Gasteiger partial charge in [-0.2, -0.15) is 5.10 Å². The predicted molar refractivity (Wildman–Crippen MR) is 81.6 cm³/mol. The largest absolute Gasteiger partial charge is 0.443 e. The number of carbonyl (C=O) groups is 1. The number of amides is 1. The topological polar surface area (TPSA) is 45.1 Å². The van der Waals surface area contributed by atoms with Gasteiger partial charge in [0.05, 0.1) is 12.6 Å². The van der Waals surface area contributed by atoms with Gasteiger partial charge in [-0.25, -0.2) is 4.79 Å². The SMILES string of the molecule is C=NN(/C=C\C)C[C@@H]1CCCN1C(=O)OC(C)(C)CC. The van der Waals surface area contributed by atoms with Gasteiger partial charge in [-0.1, -0.05) is 13.0 Å². The number of hydrogen-bond donors (Lipinski definition) is 0. The molecule has 0 radical (unpaired) electrons. The van der Waals surface area contributed by atoms with E-state index in [9.17, 15) is 4.79 Å². The highest BCUT2D eigenvalue weighted by molar-refractivity contribution is 5.69. The van der Waals surface area contributed by atoms with Gasteiger partial charge in [-0.15, -0.1) is 0 Å². The van der Waals surface area contributed by atoms with Crippen molar-refractivity contribution in [3.63, 3.8) is 0 Å². The molecular formula is C15H27N3O2. The van der Waals surface area contributed by atoms with Crippen LogP contribution in [0.2, 0.25) is 0 Å². The second-order valence-corrected chi connectivity index (χ2v) is 5.72. The Hall–Kier alpha value is -1.52. The summed E-state index contributed by atoms with van der Waals surface area (Å²) in [4.78, 5) is 14.1. The molecule has 1 rings (SSSR count). The normalized spacial score (nSPS) is 19.4. The van der Waals surface area contributed by atoms with Crippen LogP contribution in [0, 0.1) is 0 Å². The Balaban J connectivity index is 2.64. The van der Waals surface area contributed by atoms with Crippen molar-refractivity contribution in [2.24, 2.45) is 5.10 Å². The number of rotatable bonds is 6. The van der Waals surface area contributed by atoms with Crippen molar-refractivity contribution in [3.8, 4) is 0 Å². The summed E-state index contributed by atoms with van der Waals surface area (Å²) < 4.78 is 5.58. The zero-order valence-corrected chi connectivity index (χ0v) is 13.1. The Morgan fingerprint density at radius 2 is 2.30 bits per heavy atom. The van der Waals surface area contributed by atoms with Crippen molar-refractivity contribution in [2.45, 2.75) is 58.6 Å². The van der Waals surface area contributed by atoms with E-state index in [1.54, 1.807) is 5.01 Å². The second kappa shape index (κ2) is 7.31. The highest BCUT2D eigenvalue weighted by Gasteiger charge is 2.33. The van der Waals surface area contributed by atoms with Gasteiger partial charge in [-0.3, -0.25) is 5.01 Å². The maximum absolute atomic E-state index is 12.3. The van der Waals surface area contributed by atoms with Gasteiger partial charge in [0.15, 0.2) is 0 Å². The molecule has 1 atom stereocenters. The molecule has 0 aromatic heterocycles. The van der Waals surface area contributed by atoms with Gasteiger partial charge in [0.25, 0.3) is 0 Å². The van der Waals surface area contributed by atoms with Gasteiger partial charge >= 0.3 is 6.09 Å². The van der Waals surface area contributed by atoms with E-state index >= 15 is 0 Å². The predicted octanol–water partition coefficient (Wildman–Crippen LogP) is 3.23. The van der Waals surface area contributed by atoms with Gasteiger partial charge in [0, 0.05) is 19.5 Å². The van der Waals surface area contributed by atoms with Crippen molar-refractivity contribution in [1.82, 2.24) is 9.91 Å². The minimum Gasteiger partial charge on any atom is -0.443 e. The van der Waals surface area contributed by atoms with Crippen molar-refractivity contribution in [1.29, 1.82) is 0 Å². The van der Waals surface area contributed by atoms with Gasteiger partial charge in [0.1, 0.15) is 5.60 Å². The van der Waals surface area contributed by atoms with Crippen LogP contribution in [0.5, 0.6) is 0 Å². The lowest BCUT2D eigenvalue weighted by molar-refractivity contribution is 0.00781. The van der Waals surface area contributed by atoms with E-state index in [-0.39, 0.29) is 12.1 Å². The molecule has 5 heteroatoms. The third-order valence-corrected chi connectivity index (χ3v) is 3.73. The minimum absolute atomic E-state index is 0.136. The van der Waals surface area contributed by atoms with Gasteiger partial charge in [-0.05, 0) is 40.0 Å². The molecule has 0 spiro atoms. The monoisotopic (exact) mass is 281 g/mol. The smallest absolute Gasteiger partial charge is 0.410 e. The van der Waals surface area contributed by atoms with E-state index < -0.39 is 5.60 Å². The summed E-state index contributed by atoms with van der Waals surface area (Å²) >= 11 is 0. The lowest BCUT2D eigenvalue weighted by atomic mass is 10.1. The summed E-state index contributed by atoms with van der Waals surface area (Å²) in [7, 11) is 0. The van der Waals surface area contributed by atoms with E-state index in [2.05, 4.69) is 11.8 Å². The summed E-state index contributed by atoms with van der Waals surface area (Å²) in [6, 6.07) is 0.136. The summed E-state index contributed by atoms with van der Waals surface area (Å²) in [6.07, 6.45) is 6.34. The van der Waals surface area contributed by atoms with Crippen LogP contribution in [0.4, 0.5) is 4.79 Å². The van der Waals surface area contributed by atoms with E-state index in [0.717, 1.165) is 25.8 Å². The average molecular weight is 281 g/mol. The first kappa shape index (κ1) is 16.5. The second-order valence-electron chi connectivity index (χ2n) is 5.72. The molecule has 114 valence electrons. The van der Waals surface area contributed by atoms with Crippen LogP contribution < -0.4 is 0 Å². The molecule has 0 saturated carbocycles. The summed E-state index contributed by atoms with van der Waals surface area (Å²) in [6.45, 7) is 12.8. The molecule has 0 aliphatic carbocycles. The molecule has 1 fully saturated rings. The van der Waals surface area contributed by atoms with Crippen LogP contribution in [-0.2, 0) is 4.74 Å². The molecule has 0 aromatic carbocycles. The number of nitrogens with zero attached hydrogens (tertiary/aromatic N) is 3. The lowest BCUT2D eigenvalue weighted by Gasteiger charge is -2.31. The lowest BCUT2D eigenvalue weighted by Crippen LogP contribution is -2.44. The van der Waals surface area contributed by atoms with Gasteiger partial charge in [0.2, 0.25) is 0 Å². The van der Waals surface area contributed by atoms with E-state index in [4.69, 9.17) is 4.74 Å². The van der Waals surface area contributed by atoms with Crippen LogP contribution >= 0.6 is 0 Å². The van der Waals surface area contributed by atoms with E-state index in [0.29, 0.717) is 6.54 Å². The van der Waals surface area contributed by atoms with Crippen molar-refractivity contribution >= 4 is 12.8 Å². The van der Waals surface area contributed by atoms with Crippen molar-refractivity contribution in [3.05, 3.63) is 12.3 Å². The van der Waals surface area contributed by atoms with Crippen LogP contribution in [0.3, 0.4) is 0 Å². The average Bonchev–Trinajstić information content (AvgIpc) is 2.86. The molecule has 0 N–H and O–H groups in total. The number of hydrazone groups is 1. The van der Waals surface area contributed by atoms with Crippen LogP contribution in [-0.4, -0.2) is 47.5 Å². The van der Waals surface area contributed by atoms with Crippen LogP contribution in [0.25, 0.3) is 0 Å². The van der Waals surface area contributed by atoms with Crippen molar-refractivity contribution in [2.75, 3.05) is 13.1 Å². The highest BCUT2D eigenvalue weighted by Crippen LogP contribution is 2.23. The molecule has 1 saturated heterocycles. The fraction of sp³-hybridized carbons (Fsp3) is 0.733. The molecule has 0 unspecified atom stereocenters. The molecule has 5 nitrogen and oxygen atoms in total. The molecule has 1 aliphatic rings. The van der Waals surface area contributed by atoms with Gasteiger partial charge < -0.3 is 9.64 Å². The maximum atomic E-state index is 12.3. The third-order valence-electron chi connectivity index (χ3n) is 3.73. The fourth-order valence-electron chi connectivity index (χ4n) is 2.19. The first-order valence-corrected chi connectivity index (χ1v) is 7.29. The molecule has 20 heavy (non-hydrogen) atoms. The van der Waals surface area contributed by atoms with Crippen LogP contribution in [0.1, 0.15) is 47.0 Å². The van der Waals surface area contributed by atoms with E-state index in [1.165, 1.54) is 0 Å². The molecule has 0 bridgehead atoms. The number of likely N-dealkylation sites (tertiary alicyclic amines) is 1. The molecule has 1 aliphatic heterocycles. The standard InChI is InChI=1S/C15H27N3O2/c1-6-10-17(16-5)12-13-9-8-11-18(13)14(19)20-15(3,4)7-2/h6,10,13H,5,7-9,11-12H2,1-4H3/b10-6-/t13-/m0/s1. The first-order valence-electron chi connectivity index (χ1n) is 7.29. The minimum atomic E-state index is -0.413. The summed E-state index contributed by atoms with van der Waals surface area (Å²) in [5.41, 5.74) is -0.413. The molecule has 0 aromatic rings. The Labute approximate surface area is 122 Å².